The van der Waals surface area contributed by atoms with Gasteiger partial charge in [-0.15, -0.1) is 0 Å². The van der Waals surface area contributed by atoms with Gasteiger partial charge in [-0.25, -0.2) is 9.97 Å². The highest BCUT2D eigenvalue weighted by molar-refractivity contribution is 5.42. The predicted octanol–water partition coefficient (Wildman–Crippen LogP) is 3.14. The summed E-state index contributed by atoms with van der Waals surface area (Å²) in [6.45, 7) is 4.18. The standard InChI is InChI=1S/C18H22F3N5/c1-11-22-7-13(24-11)8-23-15-6-5-12-9-26(10-14(12)15)17-4-2-3-16(25-17)18(19,20)21/h2-4,7,12,14-15,23H,5-6,8-10H2,1H3,(H,22,24). The minimum absolute atomic E-state index is 0.374. The molecule has 3 unspecified atom stereocenters. The highest BCUT2D eigenvalue weighted by Gasteiger charge is 2.43. The molecule has 0 amide bonds. The van der Waals surface area contributed by atoms with Crippen LogP contribution in [0.15, 0.2) is 24.4 Å². The molecule has 5 nitrogen and oxygen atoms in total. The molecule has 8 heteroatoms. The number of hydrogen-bond acceptors (Lipinski definition) is 4. The molecule has 2 aromatic rings. The number of aromatic amines is 1. The number of rotatable bonds is 4. The number of imidazole rings is 1. The monoisotopic (exact) mass is 365 g/mol. The van der Waals surface area contributed by atoms with Crippen LogP contribution in [0.2, 0.25) is 0 Å². The van der Waals surface area contributed by atoms with Crippen LogP contribution in [-0.4, -0.2) is 34.1 Å². The second kappa shape index (κ2) is 6.57. The van der Waals surface area contributed by atoms with Gasteiger partial charge in [-0.2, -0.15) is 13.2 Å². The summed E-state index contributed by atoms with van der Waals surface area (Å²) in [5.41, 5.74) is 0.233. The Morgan fingerprint density at radius 3 is 2.85 bits per heavy atom. The number of pyridine rings is 1. The summed E-state index contributed by atoms with van der Waals surface area (Å²) in [5, 5.41) is 3.59. The maximum absolute atomic E-state index is 12.9. The predicted molar refractivity (Wildman–Crippen MR) is 91.6 cm³/mol. The van der Waals surface area contributed by atoms with Crippen LogP contribution >= 0.6 is 0 Å². The summed E-state index contributed by atoms with van der Waals surface area (Å²) in [4.78, 5) is 13.3. The van der Waals surface area contributed by atoms with Gasteiger partial charge in [0.1, 0.15) is 17.3 Å². The first-order valence-electron chi connectivity index (χ1n) is 8.93. The molecule has 2 aliphatic rings. The van der Waals surface area contributed by atoms with Crippen LogP contribution in [0, 0.1) is 18.8 Å². The molecule has 0 radical (unpaired) electrons. The van der Waals surface area contributed by atoms with Crippen molar-refractivity contribution in [2.24, 2.45) is 11.8 Å². The Kier molecular flexibility index (Phi) is 4.38. The number of nitrogens with zero attached hydrogens (tertiary/aromatic N) is 3. The summed E-state index contributed by atoms with van der Waals surface area (Å²) in [7, 11) is 0. The number of fused-ring (bicyclic) bond motifs is 1. The maximum atomic E-state index is 12.9. The van der Waals surface area contributed by atoms with Crippen LogP contribution in [0.25, 0.3) is 0 Å². The van der Waals surface area contributed by atoms with Crippen molar-refractivity contribution in [3.8, 4) is 0 Å². The molecule has 1 aliphatic carbocycles. The van der Waals surface area contributed by atoms with Crippen molar-refractivity contribution in [2.45, 2.75) is 38.5 Å². The molecule has 1 saturated carbocycles. The molecule has 3 heterocycles. The van der Waals surface area contributed by atoms with Crippen LogP contribution < -0.4 is 10.2 Å². The smallest absolute Gasteiger partial charge is 0.356 e. The van der Waals surface area contributed by atoms with E-state index >= 15 is 0 Å². The van der Waals surface area contributed by atoms with Crippen LogP contribution in [0.4, 0.5) is 19.0 Å². The van der Waals surface area contributed by atoms with Gasteiger partial charge in [0, 0.05) is 37.6 Å². The Balaban J connectivity index is 1.41. The van der Waals surface area contributed by atoms with Crippen molar-refractivity contribution in [1.29, 1.82) is 0 Å². The van der Waals surface area contributed by atoms with E-state index in [1.54, 1.807) is 6.07 Å². The molecule has 26 heavy (non-hydrogen) atoms. The Bertz CT molecular complexity index is 772. The molecular weight excluding hydrogens is 343 g/mol. The highest BCUT2D eigenvalue weighted by Crippen LogP contribution is 2.40. The first kappa shape index (κ1) is 17.3. The average Bonchev–Trinajstić information content (AvgIpc) is 3.28. The van der Waals surface area contributed by atoms with E-state index in [9.17, 15) is 13.2 Å². The zero-order valence-corrected chi connectivity index (χ0v) is 14.6. The van der Waals surface area contributed by atoms with E-state index in [-0.39, 0.29) is 0 Å². The molecule has 1 saturated heterocycles. The van der Waals surface area contributed by atoms with Crippen LogP contribution in [0.5, 0.6) is 0 Å². The summed E-state index contributed by atoms with van der Waals surface area (Å²) >= 11 is 0. The number of nitrogens with one attached hydrogen (secondary N) is 2. The van der Waals surface area contributed by atoms with Crippen molar-refractivity contribution in [3.63, 3.8) is 0 Å². The van der Waals surface area contributed by atoms with Gasteiger partial charge in [0.15, 0.2) is 0 Å². The van der Waals surface area contributed by atoms with Gasteiger partial charge in [-0.05, 0) is 43.7 Å². The lowest BCUT2D eigenvalue weighted by atomic mass is 9.98. The molecule has 3 atom stereocenters. The number of hydrogen-bond donors (Lipinski definition) is 2. The molecular formula is C18H22F3N5. The lowest BCUT2D eigenvalue weighted by Crippen LogP contribution is -2.35. The van der Waals surface area contributed by atoms with Crippen molar-refractivity contribution >= 4 is 5.82 Å². The number of alkyl halides is 3. The van der Waals surface area contributed by atoms with E-state index in [1.165, 1.54) is 6.07 Å². The fraction of sp³-hybridized carbons (Fsp3) is 0.556. The SMILES string of the molecule is Cc1ncc(CNC2CCC3CN(c4cccc(C(F)(F)F)n4)CC32)[nH]1. The third-order valence-electron chi connectivity index (χ3n) is 5.52. The largest absolute Gasteiger partial charge is 0.433 e. The zero-order chi connectivity index (χ0) is 18.3. The molecule has 2 aromatic heterocycles. The molecule has 0 bridgehead atoms. The van der Waals surface area contributed by atoms with Gasteiger partial charge < -0.3 is 15.2 Å². The molecule has 0 spiro atoms. The number of aromatic nitrogens is 3. The summed E-state index contributed by atoms with van der Waals surface area (Å²) < 4.78 is 38.7. The van der Waals surface area contributed by atoms with E-state index in [0.29, 0.717) is 23.7 Å². The molecule has 2 N–H and O–H groups in total. The second-order valence-corrected chi connectivity index (χ2v) is 7.27. The quantitative estimate of drug-likeness (QED) is 0.874. The molecule has 1 aliphatic heterocycles. The number of halogens is 3. The Morgan fingerprint density at radius 1 is 1.27 bits per heavy atom. The maximum Gasteiger partial charge on any atom is 0.433 e. The van der Waals surface area contributed by atoms with Gasteiger partial charge >= 0.3 is 6.18 Å². The van der Waals surface area contributed by atoms with Gasteiger partial charge in [-0.1, -0.05) is 6.07 Å². The Morgan fingerprint density at radius 2 is 2.12 bits per heavy atom. The van der Waals surface area contributed by atoms with Crippen molar-refractivity contribution in [2.75, 3.05) is 18.0 Å². The fourth-order valence-electron chi connectivity index (χ4n) is 4.27. The first-order valence-corrected chi connectivity index (χ1v) is 8.93. The normalized spacial score (nSPS) is 25.7. The number of H-pyrrole nitrogens is 1. The van der Waals surface area contributed by atoms with Gasteiger partial charge in [0.2, 0.25) is 0 Å². The number of aryl methyl sites for hydroxylation is 1. The van der Waals surface area contributed by atoms with E-state index < -0.39 is 11.9 Å². The van der Waals surface area contributed by atoms with Gasteiger partial charge in [0.05, 0.1) is 0 Å². The Labute approximate surface area is 150 Å². The summed E-state index contributed by atoms with van der Waals surface area (Å²) in [5.74, 6) is 2.27. The molecule has 2 fully saturated rings. The topological polar surface area (TPSA) is 56.8 Å². The van der Waals surface area contributed by atoms with Crippen LogP contribution in [-0.2, 0) is 12.7 Å². The number of anilines is 1. The van der Waals surface area contributed by atoms with Gasteiger partial charge in [-0.3, -0.25) is 0 Å². The average molecular weight is 365 g/mol. The zero-order valence-electron chi connectivity index (χ0n) is 14.6. The highest BCUT2D eigenvalue weighted by atomic mass is 19.4. The molecule has 140 valence electrons. The second-order valence-electron chi connectivity index (χ2n) is 7.27. The fourth-order valence-corrected chi connectivity index (χ4v) is 4.27. The summed E-state index contributed by atoms with van der Waals surface area (Å²) in [6, 6.07) is 4.51. The van der Waals surface area contributed by atoms with E-state index in [2.05, 4.69) is 20.3 Å². The Hall–Kier alpha value is -2.09. The van der Waals surface area contributed by atoms with E-state index in [0.717, 1.165) is 50.1 Å². The minimum Gasteiger partial charge on any atom is -0.356 e. The lowest BCUT2D eigenvalue weighted by Gasteiger charge is -2.22. The summed E-state index contributed by atoms with van der Waals surface area (Å²) in [6.07, 6.45) is -0.369. The van der Waals surface area contributed by atoms with Gasteiger partial charge in [0.25, 0.3) is 0 Å². The van der Waals surface area contributed by atoms with Crippen molar-refractivity contribution in [1.82, 2.24) is 20.3 Å². The van der Waals surface area contributed by atoms with E-state index in [1.807, 2.05) is 18.0 Å². The van der Waals surface area contributed by atoms with Crippen molar-refractivity contribution < 1.29 is 13.2 Å². The minimum atomic E-state index is -4.40. The van der Waals surface area contributed by atoms with Crippen molar-refractivity contribution in [3.05, 3.63) is 41.6 Å². The lowest BCUT2D eigenvalue weighted by molar-refractivity contribution is -0.141. The first-order chi connectivity index (χ1) is 12.4. The third kappa shape index (κ3) is 3.42. The molecule has 4 rings (SSSR count). The van der Waals surface area contributed by atoms with Crippen LogP contribution in [0.3, 0.4) is 0 Å². The van der Waals surface area contributed by atoms with E-state index in [4.69, 9.17) is 0 Å². The third-order valence-corrected chi connectivity index (χ3v) is 5.52. The van der Waals surface area contributed by atoms with Crippen LogP contribution in [0.1, 0.15) is 30.1 Å². The molecule has 0 aromatic carbocycles.